The number of rotatable bonds is 9. The second-order valence-electron chi connectivity index (χ2n) is 7.45. The van der Waals surface area contributed by atoms with E-state index in [0.717, 1.165) is 20.8 Å². The van der Waals surface area contributed by atoms with E-state index in [2.05, 4.69) is 10.3 Å². The molecule has 4 atom stereocenters. The summed E-state index contributed by atoms with van der Waals surface area (Å²) in [5, 5.41) is 19.0. The van der Waals surface area contributed by atoms with Gasteiger partial charge in [-0.05, 0) is 19.1 Å². The Hall–Kier alpha value is -4.11. The number of ether oxygens (including phenoxy) is 5. The lowest BCUT2D eigenvalue weighted by Crippen LogP contribution is -2.50. The summed E-state index contributed by atoms with van der Waals surface area (Å²) in [6, 6.07) is 2.68. The van der Waals surface area contributed by atoms with Gasteiger partial charge in [-0.15, -0.1) is 5.10 Å². The highest BCUT2D eigenvalue weighted by atomic mass is 16.7. The molecule has 0 unspecified atom stereocenters. The standard InChI is InChI=1S/C21H23N3O12/c1-5-31-20(29)15-16(17(28)13-7-6-8-32-13)24(23-22-15)21(30)19(35-12(4)27)18(34-11(3)26)14(36-21)9-33-10(2)25/h6-8,14,18-19,30H,5,9H2,1-4H3/t14-,18-,19-,21+/m1/s1. The van der Waals surface area contributed by atoms with E-state index >= 15 is 0 Å². The van der Waals surface area contributed by atoms with Gasteiger partial charge >= 0.3 is 29.8 Å². The van der Waals surface area contributed by atoms with Gasteiger partial charge in [-0.25, -0.2) is 4.79 Å². The Morgan fingerprint density at radius 1 is 1.08 bits per heavy atom. The highest BCUT2D eigenvalue weighted by molar-refractivity contribution is 6.11. The molecule has 2 aromatic heterocycles. The molecule has 1 fully saturated rings. The van der Waals surface area contributed by atoms with Crippen LogP contribution < -0.4 is 0 Å². The molecular formula is C21H23N3O12. The van der Waals surface area contributed by atoms with Crippen molar-refractivity contribution < 1.29 is 57.2 Å². The fraction of sp³-hybridized carbons (Fsp3) is 0.476. The normalized spacial score (nSPS) is 23.1. The van der Waals surface area contributed by atoms with Crippen molar-refractivity contribution in [2.75, 3.05) is 13.2 Å². The van der Waals surface area contributed by atoms with Crippen LogP contribution in [-0.2, 0) is 44.0 Å². The van der Waals surface area contributed by atoms with E-state index in [0.29, 0.717) is 4.68 Å². The van der Waals surface area contributed by atoms with E-state index in [4.69, 9.17) is 28.1 Å². The number of hydrogen-bond donors (Lipinski definition) is 1. The number of ketones is 1. The van der Waals surface area contributed by atoms with Crippen molar-refractivity contribution in [1.29, 1.82) is 0 Å². The van der Waals surface area contributed by atoms with Gasteiger partial charge in [0.15, 0.2) is 17.6 Å². The minimum Gasteiger partial charge on any atom is -0.463 e. The molecule has 1 aliphatic heterocycles. The van der Waals surface area contributed by atoms with Crippen LogP contribution >= 0.6 is 0 Å². The molecule has 0 radical (unpaired) electrons. The predicted molar refractivity (Wildman–Crippen MR) is 111 cm³/mol. The molecule has 0 bridgehead atoms. The molecule has 1 aliphatic rings. The van der Waals surface area contributed by atoms with Crippen LogP contribution in [0.25, 0.3) is 0 Å². The second-order valence-corrected chi connectivity index (χ2v) is 7.45. The van der Waals surface area contributed by atoms with Crippen molar-refractivity contribution in [3.8, 4) is 0 Å². The summed E-state index contributed by atoms with van der Waals surface area (Å²) in [5.74, 6) is -7.66. The van der Waals surface area contributed by atoms with Gasteiger partial charge < -0.3 is 33.2 Å². The van der Waals surface area contributed by atoms with E-state index in [1.807, 2.05) is 0 Å². The first kappa shape index (κ1) is 26.5. The predicted octanol–water partition coefficient (Wildman–Crippen LogP) is -0.293. The molecule has 194 valence electrons. The van der Waals surface area contributed by atoms with Crippen molar-refractivity contribution in [3.63, 3.8) is 0 Å². The molecule has 0 aliphatic carbocycles. The largest absolute Gasteiger partial charge is 0.463 e. The van der Waals surface area contributed by atoms with Gasteiger partial charge in [0.1, 0.15) is 12.7 Å². The number of aromatic nitrogens is 3. The monoisotopic (exact) mass is 509 g/mol. The van der Waals surface area contributed by atoms with E-state index in [-0.39, 0.29) is 12.4 Å². The molecule has 2 aromatic rings. The number of carbonyl (C=O) groups excluding carboxylic acids is 5. The molecule has 15 heteroatoms. The molecule has 0 spiro atoms. The third kappa shape index (κ3) is 5.26. The summed E-state index contributed by atoms with van der Waals surface area (Å²) >= 11 is 0. The van der Waals surface area contributed by atoms with Gasteiger partial charge in [0.2, 0.25) is 17.6 Å². The van der Waals surface area contributed by atoms with E-state index < -0.39 is 71.9 Å². The number of nitrogens with zero attached hydrogens (tertiary/aromatic N) is 3. The number of esters is 4. The maximum absolute atomic E-state index is 13.3. The number of carbonyl (C=O) groups is 5. The zero-order valence-electron chi connectivity index (χ0n) is 19.7. The van der Waals surface area contributed by atoms with Gasteiger partial charge in [0.05, 0.1) is 12.9 Å². The average Bonchev–Trinajstić information content (AvgIpc) is 3.52. The summed E-state index contributed by atoms with van der Waals surface area (Å²) in [6.07, 6.45) is -3.58. The lowest BCUT2D eigenvalue weighted by Gasteiger charge is -2.29. The molecule has 0 aromatic carbocycles. The Bertz CT molecular complexity index is 1160. The maximum Gasteiger partial charge on any atom is 0.361 e. The Morgan fingerprint density at radius 3 is 2.33 bits per heavy atom. The molecule has 1 saturated heterocycles. The summed E-state index contributed by atoms with van der Waals surface area (Å²) in [7, 11) is 0. The van der Waals surface area contributed by atoms with E-state index in [9.17, 15) is 29.1 Å². The van der Waals surface area contributed by atoms with Crippen LogP contribution in [0.15, 0.2) is 22.8 Å². The topological polar surface area (TPSA) is 196 Å². The van der Waals surface area contributed by atoms with Crippen LogP contribution in [0, 0.1) is 0 Å². The first-order valence-corrected chi connectivity index (χ1v) is 10.6. The first-order chi connectivity index (χ1) is 17.0. The molecule has 0 amide bonds. The van der Waals surface area contributed by atoms with Crippen LogP contribution in [0.3, 0.4) is 0 Å². The van der Waals surface area contributed by atoms with Gasteiger partial charge in [-0.3, -0.25) is 19.2 Å². The summed E-state index contributed by atoms with van der Waals surface area (Å²) in [5.41, 5.74) is -1.25. The Kier molecular flexibility index (Phi) is 7.84. The van der Waals surface area contributed by atoms with Crippen LogP contribution in [0.4, 0.5) is 0 Å². The molecule has 0 saturated carbocycles. The summed E-state index contributed by atoms with van der Waals surface area (Å²) < 4.78 is 31.5. The zero-order chi connectivity index (χ0) is 26.6. The van der Waals surface area contributed by atoms with Crippen molar-refractivity contribution >= 4 is 29.7 Å². The smallest absolute Gasteiger partial charge is 0.361 e. The Labute approximate surface area is 203 Å². The van der Waals surface area contributed by atoms with Gasteiger partial charge in [0, 0.05) is 20.8 Å². The minimum absolute atomic E-state index is 0.0735. The van der Waals surface area contributed by atoms with Crippen molar-refractivity contribution in [2.24, 2.45) is 0 Å². The quantitative estimate of drug-likeness (QED) is 0.263. The highest BCUT2D eigenvalue weighted by Gasteiger charge is 2.62. The SMILES string of the molecule is CCOC(=O)c1nnn([C@@]2(O)O[C@H](COC(C)=O)[C@@H](OC(C)=O)[C@H]2OC(C)=O)c1C(=O)c1ccco1. The summed E-state index contributed by atoms with van der Waals surface area (Å²) in [6.45, 7) is 4.05. The van der Waals surface area contributed by atoms with Crippen LogP contribution in [0.1, 0.15) is 54.4 Å². The third-order valence-corrected chi connectivity index (χ3v) is 4.81. The van der Waals surface area contributed by atoms with Crippen molar-refractivity contribution in [2.45, 2.75) is 51.9 Å². The van der Waals surface area contributed by atoms with E-state index in [1.165, 1.54) is 25.3 Å². The number of hydrogen-bond acceptors (Lipinski definition) is 14. The van der Waals surface area contributed by atoms with E-state index in [1.54, 1.807) is 0 Å². The number of aliphatic hydroxyl groups is 1. The lowest BCUT2D eigenvalue weighted by molar-refractivity contribution is -0.298. The Morgan fingerprint density at radius 2 is 1.78 bits per heavy atom. The fourth-order valence-electron chi connectivity index (χ4n) is 3.49. The third-order valence-electron chi connectivity index (χ3n) is 4.81. The zero-order valence-corrected chi connectivity index (χ0v) is 19.7. The van der Waals surface area contributed by atoms with Crippen molar-refractivity contribution in [1.82, 2.24) is 15.0 Å². The van der Waals surface area contributed by atoms with Crippen LogP contribution in [-0.4, -0.2) is 81.3 Å². The number of furan rings is 1. The molecular weight excluding hydrogens is 486 g/mol. The molecule has 3 rings (SSSR count). The minimum atomic E-state index is -2.87. The highest BCUT2D eigenvalue weighted by Crippen LogP contribution is 2.39. The van der Waals surface area contributed by atoms with Crippen molar-refractivity contribution in [3.05, 3.63) is 35.5 Å². The fourth-order valence-corrected chi connectivity index (χ4v) is 3.49. The molecule has 15 nitrogen and oxygen atoms in total. The Balaban J connectivity index is 2.19. The van der Waals surface area contributed by atoms with Gasteiger partial charge in [-0.2, -0.15) is 4.68 Å². The van der Waals surface area contributed by atoms with Gasteiger partial charge in [0.25, 0.3) is 0 Å². The van der Waals surface area contributed by atoms with Gasteiger partial charge in [-0.1, -0.05) is 5.21 Å². The lowest BCUT2D eigenvalue weighted by atomic mass is 10.1. The average molecular weight is 509 g/mol. The molecule has 3 heterocycles. The molecule has 36 heavy (non-hydrogen) atoms. The summed E-state index contributed by atoms with van der Waals surface area (Å²) in [4.78, 5) is 60.9. The maximum atomic E-state index is 13.3. The van der Waals surface area contributed by atoms with Crippen LogP contribution in [0.2, 0.25) is 0 Å². The first-order valence-electron chi connectivity index (χ1n) is 10.6. The second kappa shape index (κ2) is 10.7. The van der Waals surface area contributed by atoms with Crippen LogP contribution in [0.5, 0.6) is 0 Å². The molecule has 1 N–H and O–H groups in total.